The van der Waals surface area contributed by atoms with Crippen LogP contribution in [0.3, 0.4) is 0 Å². The van der Waals surface area contributed by atoms with Crippen LogP contribution in [0.2, 0.25) is 0 Å². The Balaban J connectivity index is 1.69. The van der Waals surface area contributed by atoms with Crippen molar-refractivity contribution in [3.05, 3.63) is 29.8 Å². The molecule has 9 heteroatoms. The molecule has 4 N–H and O–H groups in total. The molecule has 2 heterocycles. The molecule has 24 heavy (non-hydrogen) atoms. The number of aliphatic hydroxyl groups excluding tert-OH is 1. The van der Waals surface area contributed by atoms with Crippen LogP contribution in [0.4, 0.5) is 0 Å². The van der Waals surface area contributed by atoms with Crippen LogP contribution in [0.25, 0.3) is 0 Å². The topological polar surface area (TPSA) is 120 Å². The van der Waals surface area contributed by atoms with Crippen molar-refractivity contribution in [2.75, 3.05) is 19.6 Å². The third-order valence-corrected chi connectivity index (χ3v) is 5.60. The molecule has 1 saturated heterocycles. The van der Waals surface area contributed by atoms with Crippen molar-refractivity contribution in [2.45, 2.75) is 24.0 Å². The van der Waals surface area contributed by atoms with Crippen molar-refractivity contribution >= 4 is 21.8 Å². The second kappa shape index (κ2) is 6.50. The number of carbonyl (C=O) groups excluding carboxylic acids is 1. The van der Waals surface area contributed by atoms with Gasteiger partial charge in [0.15, 0.2) is 0 Å². The number of nitrogens with zero attached hydrogens (tertiary/aromatic N) is 1. The molecule has 1 amide bonds. The Bertz CT molecular complexity index is 777. The number of benzene rings is 1. The lowest BCUT2D eigenvalue weighted by Crippen LogP contribution is -2.39. The monoisotopic (exact) mass is 352 g/mol. The fourth-order valence-electron chi connectivity index (χ4n) is 2.79. The molecular weight excluding hydrogens is 332 g/mol. The van der Waals surface area contributed by atoms with E-state index in [-0.39, 0.29) is 22.6 Å². The van der Waals surface area contributed by atoms with Gasteiger partial charge in [-0.3, -0.25) is 14.5 Å². The number of hydrogen-bond acceptors (Lipinski definition) is 6. The Labute approximate surface area is 140 Å². The molecule has 8 nitrogen and oxygen atoms in total. The molecule has 2 aliphatic heterocycles. The van der Waals surface area contributed by atoms with E-state index in [1.165, 1.54) is 6.07 Å². The van der Waals surface area contributed by atoms with Crippen molar-refractivity contribution in [3.63, 3.8) is 0 Å². The number of sulfonamides is 1. The first-order valence-corrected chi connectivity index (χ1v) is 9.23. The summed E-state index contributed by atoms with van der Waals surface area (Å²) in [5, 5.41) is 15.5. The molecule has 1 aromatic carbocycles. The molecule has 0 bridgehead atoms. The van der Waals surface area contributed by atoms with Crippen molar-refractivity contribution in [3.8, 4) is 0 Å². The highest BCUT2D eigenvalue weighted by molar-refractivity contribution is 7.90. The minimum Gasteiger partial charge on any atom is -0.391 e. The molecule has 3 atom stereocenters. The van der Waals surface area contributed by atoms with E-state index in [1.807, 2.05) is 0 Å². The normalized spacial score (nSPS) is 27.5. The van der Waals surface area contributed by atoms with Gasteiger partial charge in [-0.2, -0.15) is 0 Å². The summed E-state index contributed by atoms with van der Waals surface area (Å²) in [4.78, 5) is 16.5. The van der Waals surface area contributed by atoms with Crippen LogP contribution in [-0.2, 0) is 14.8 Å². The largest absolute Gasteiger partial charge is 0.391 e. The smallest absolute Gasteiger partial charge is 0.263 e. The number of amides is 1. The zero-order chi connectivity index (χ0) is 17.3. The minimum absolute atomic E-state index is 0.0282. The van der Waals surface area contributed by atoms with E-state index in [0.717, 1.165) is 0 Å². The number of nitrogens with one attached hydrogen (secondary N) is 3. The minimum atomic E-state index is -3.61. The molecule has 1 fully saturated rings. The summed E-state index contributed by atoms with van der Waals surface area (Å²) >= 11 is 0. The summed E-state index contributed by atoms with van der Waals surface area (Å²) in [5.41, 5.74) is 0.465. The number of fused-ring (bicyclic) bond motifs is 1. The first-order chi connectivity index (χ1) is 11.4. The second-order valence-electron chi connectivity index (χ2n) is 5.99. The maximum atomic E-state index is 12.2. The Kier molecular flexibility index (Phi) is 4.57. The lowest BCUT2D eigenvalue weighted by molar-refractivity contribution is -0.122. The maximum Gasteiger partial charge on any atom is 0.263 e. The maximum absolute atomic E-state index is 12.2. The van der Waals surface area contributed by atoms with Gasteiger partial charge in [0.25, 0.3) is 10.0 Å². The van der Waals surface area contributed by atoms with Gasteiger partial charge in [0.05, 0.1) is 11.0 Å². The average molecular weight is 352 g/mol. The Morgan fingerprint density at radius 1 is 1.42 bits per heavy atom. The van der Waals surface area contributed by atoms with Gasteiger partial charge in [0.2, 0.25) is 5.91 Å². The van der Waals surface area contributed by atoms with Gasteiger partial charge in [-0.25, -0.2) is 8.42 Å². The lowest BCUT2D eigenvalue weighted by Gasteiger charge is -2.15. The summed E-state index contributed by atoms with van der Waals surface area (Å²) < 4.78 is 26.4. The van der Waals surface area contributed by atoms with Crippen LogP contribution in [0.1, 0.15) is 12.5 Å². The third kappa shape index (κ3) is 3.28. The number of hydrogen-bond donors (Lipinski definition) is 4. The molecule has 0 spiro atoms. The third-order valence-electron chi connectivity index (χ3n) is 4.21. The second-order valence-corrected chi connectivity index (χ2v) is 7.64. The number of carbonyl (C=O) groups is 1. The van der Waals surface area contributed by atoms with Gasteiger partial charge in [0, 0.05) is 31.1 Å². The first kappa shape index (κ1) is 16.9. The fourth-order valence-corrected chi connectivity index (χ4v) is 4.03. The zero-order valence-corrected chi connectivity index (χ0v) is 14.0. The van der Waals surface area contributed by atoms with Crippen LogP contribution < -0.4 is 15.4 Å². The van der Waals surface area contributed by atoms with Crippen LogP contribution in [-0.4, -0.2) is 57.0 Å². The van der Waals surface area contributed by atoms with E-state index >= 15 is 0 Å². The predicted octanol–water partition coefficient (Wildman–Crippen LogP) is -1.19. The summed E-state index contributed by atoms with van der Waals surface area (Å²) in [7, 11) is -3.61. The molecule has 3 rings (SSSR count). The molecule has 3 unspecified atom stereocenters. The summed E-state index contributed by atoms with van der Waals surface area (Å²) in [5.74, 6) is -0.166. The van der Waals surface area contributed by atoms with E-state index in [1.54, 1.807) is 25.1 Å². The molecule has 0 saturated carbocycles. The molecule has 130 valence electrons. The van der Waals surface area contributed by atoms with Gasteiger partial charge < -0.3 is 15.7 Å². The molecular formula is C15H20N4O4S. The van der Waals surface area contributed by atoms with Crippen molar-refractivity contribution in [1.29, 1.82) is 0 Å². The first-order valence-electron chi connectivity index (χ1n) is 7.75. The average Bonchev–Trinajstić information content (AvgIpc) is 3.07. The van der Waals surface area contributed by atoms with Crippen molar-refractivity contribution in [2.24, 2.45) is 10.9 Å². The number of amidine groups is 1. The van der Waals surface area contributed by atoms with E-state index in [4.69, 9.17) is 0 Å². The standard InChI is InChI=1S/C15H20N4O4S/c1-9(15(21)17-7-10-6-16-8-12(10)20)18-14-11-4-2-3-5-13(11)24(22,23)19-14/h2-5,9-10,12,16,20H,6-8H2,1H3,(H,17,21)(H,18,19). The highest BCUT2D eigenvalue weighted by Crippen LogP contribution is 2.22. The quantitative estimate of drug-likeness (QED) is 0.543. The SMILES string of the molecule is CC(N=C1NS(=O)(=O)c2ccccc21)C(=O)NCC1CNCC1O. The number of rotatable bonds is 4. The van der Waals surface area contributed by atoms with E-state index in [9.17, 15) is 18.3 Å². The molecule has 0 aliphatic carbocycles. The lowest BCUT2D eigenvalue weighted by atomic mass is 10.1. The Hall–Kier alpha value is -1.97. The van der Waals surface area contributed by atoms with Crippen LogP contribution in [0, 0.1) is 5.92 Å². The van der Waals surface area contributed by atoms with Gasteiger partial charge in [0.1, 0.15) is 11.9 Å². The Morgan fingerprint density at radius 3 is 2.88 bits per heavy atom. The predicted molar refractivity (Wildman–Crippen MR) is 88.1 cm³/mol. The number of aliphatic imine (C=N–C) groups is 1. The number of β-amino-alcohol motifs (C(OH)–C–C–N with tert-alkyl or cyclic N) is 1. The van der Waals surface area contributed by atoms with E-state index < -0.39 is 22.2 Å². The van der Waals surface area contributed by atoms with Crippen LogP contribution in [0.15, 0.2) is 34.2 Å². The molecule has 1 aromatic rings. The van der Waals surface area contributed by atoms with Crippen LogP contribution >= 0.6 is 0 Å². The van der Waals surface area contributed by atoms with Gasteiger partial charge in [-0.1, -0.05) is 12.1 Å². The molecule has 0 radical (unpaired) electrons. The van der Waals surface area contributed by atoms with Gasteiger partial charge in [-0.15, -0.1) is 0 Å². The Morgan fingerprint density at radius 2 is 2.17 bits per heavy atom. The number of aliphatic hydroxyl groups is 1. The van der Waals surface area contributed by atoms with E-state index in [2.05, 4.69) is 20.3 Å². The highest BCUT2D eigenvalue weighted by Gasteiger charge is 2.31. The van der Waals surface area contributed by atoms with Crippen molar-refractivity contribution in [1.82, 2.24) is 15.4 Å². The van der Waals surface area contributed by atoms with Gasteiger partial charge in [-0.05, 0) is 19.1 Å². The van der Waals surface area contributed by atoms with E-state index in [0.29, 0.717) is 25.2 Å². The van der Waals surface area contributed by atoms with Gasteiger partial charge >= 0.3 is 0 Å². The van der Waals surface area contributed by atoms with Crippen molar-refractivity contribution < 1.29 is 18.3 Å². The summed E-state index contributed by atoms with van der Waals surface area (Å²) in [6, 6.07) is 5.75. The summed E-state index contributed by atoms with van der Waals surface area (Å²) in [6.07, 6.45) is -0.472. The molecule has 0 aromatic heterocycles. The summed E-state index contributed by atoms with van der Waals surface area (Å²) in [6.45, 7) is 3.12. The fraction of sp³-hybridized carbons (Fsp3) is 0.467. The zero-order valence-electron chi connectivity index (χ0n) is 13.2. The highest BCUT2D eigenvalue weighted by atomic mass is 32.2. The molecule has 2 aliphatic rings. The van der Waals surface area contributed by atoms with Crippen LogP contribution in [0.5, 0.6) is 0 Å².